The Morgan fingerprint density at radius 3 is 1.76 bits per heavy atom. The Hall–Kier alpha value is -3.40. The van der Waals surface area contributed by atoms with Crippen LogP contribution in [0.5, 0.6) is 0 Å². The first-order valence-corrected chi connectivity index (χ1v) is 9.88. The smallest absolute Gasteiger partial charge is 0.272 e. The molecule has 2 amide bonds. The van der Waals surface area contributed by atoms with E-state index < -0.39 is 0 Å². The summed E-state index contributed by atoms with van der Waals surface area (Å²) in [7, 11) is 0. The van der Waals surface area contributed by atoms with Crippen LogP contribution in [-0.2, 0) is 17.8 Å². The highest BCUT2D eigenvalue weighted by Crippen LogP contribution is 2.15. The average Bonchev–Trinajstić information content (AvgIpc) is 2.77. The van der Waals surface area contributed by atoms with Crippen LogP contribution < -0.4 is 0 Å². The summed E-state index contributed by atoms with van der Waals surface area (Å²) < 4.78 is 0. The van der Waals surface area contributed by atoms with Gasteiger partial charge < -0.3 is 0 Å². The van der Waals surface area contributed by atoms with Crippen molar-refractivity contribution in [1.82, 2.24) is 10.0 Å². The monoisotopic (exact) mass is 386 g/mol. The molecule has 0 bridgehead atoms. The number of carbonyl (C=O) groups is 2. The van der Waals surface area contributed by atoms with Crippen LogP contribution in [0.3, 0.4) is 0 Å². The van der Waals surface area contributed by atoms with Crippen LogP contribution in [0.4, 0.5) is 0 Å². The Morgan fingerprint density at radius 1 is 0.690 bits per heavy atom. The molecule has 0 aliphatic rings. The van der Waals surface area contributed by atoms with Gasteiger partial charge in [-0.3, -0.25) is 14.6 Å². The number of aryl methyl sites for hydroxylation is 1. The van der Waals surface area contributed by atoms with Gasteiger partial charge in [-0.2, -0.15) is 0 Å². The second kappa shape index (κ2) is 10.2. The van der Waals surface area contributed by atoms with Crippen molar-refractivity contribution in [3.05, 3.63) is 108 Å². The van der Waals surface area contributed by atoms with Gasteiger partial charge >= 0.3 is 0 Å². The quantitative estimate of drug-likeness (QED) is 0.551. The molecule has 0 aromatic heterocycles. The predicted molar refractivity (Wildman–Crippen MR) is 115 cm³/mol. The molecular weight excluding hydrogens is 360 g/mol. The molecule has 0 N–H and O–H groups in total. The summed E-state index contributed by atoms with van der Waals surface area (Å²) in [5, 5.41) is 3.14. The van der Waals surface area contributed by atoms with Gasteiger partial charge in [-0.25, -0.2) is 5.01 Å². The van der Waals surface area contributed by atoms with E-state index in [0.29, 0.717) is 18.7 Å². The highest BCUT2D eigenvalue weighted by atomic mass is 16.2. The average molecular weight is 386 g/mol. The number of hydrogen-bond acceptors (Lipinski definition) is 2. The van der Waals surface area contributed by atoms with E-state index in [4.69, 9.17) is 0 Å². The van der Waals surface area contributed by atoms with Crippen molar-refractivity contribution >= 4 is 11.8 Å². The van der Waals surface area contributed by atoms with Crippen LogP contribution in [0.1, 0.15) is 34.8 Å². The zero-order valence-electron chi connectivity index (χ0n) is 16.7. The second-order valence-electron chi connectivity index (χ2n) is 6.95. The Balaban J connectivity index is 1.80. The summed E-state index contributed by atoms with van der Waals surface area (Å²) in [5.74, 6) is -0.317. The van der Waals surface area contributed by atoms with Crippen molar-refractivity contribution in [2.24, 2.45) is 0 Å². The van der Waals surface area contributed by atoms with Crippen LogP contribution in [0.25, 0.3) is 0 Å². The zero-order chi connectivity index (χ0) is 20.5. The summed E-state index contributed by atoms with van der Waals surface area (Å²) in [6.07, 6.45) is 1.63. The molecule has 0 saturated carbocycles. The molecular formula is C25H26N2O2. The molecule has 0 aliphatic carbocycles. The summed E-state index contributed by atoms with van der Waals surface area (Å²) in [5.41, 5.74) is 2.77. The molecule has 0 unspecified atom stereocenters. The molecule has 0 saturated heterocycles. The fourth-order valence-corrected chi connectivity index (χ4v) is 3.28. The normalized spacial score (nSPS) is 10.4. The fraction of sp³-hybridized carbons (Fsp3) is 0.200. The number of nitrogens with zero attached hydrogens (tertiary/aromatic N) is 2. The first-order valence-electron chi connectivity index (χ1n) is 9.88. The largest absolute Gasteiger partial charge is 0.273 e. The van der Waals surface area contributed by atoms with Gasteiger partial charge in [0, 0.05) is 19.0 Å². The van der Waals surface area contributed by atoms with Crippen molar-refractivity contribution in [3.63, 3.8) is 0 Å². The van der Waals surface area contributed by atoms with Crippen LogP contribution >= 0.6 is 0 Å². The lowest BCUT2D eigenvalue weighted by Gasteiger charge is -2.34. The van der Waals surface area contributed by atoms with E-state index in [1.807, 2.05) is 66.7 Å². The third kappa shape index (κ3) is 5.79. The molecule has 0 heterocycles. The van der Waals surface area contributed by atoms with Crippen LogP contribution in [0.2, 0.25) is 0 Å². The minimum atomic E-state index is -0.177. The number of rotatable bonds is 7. The van der Waals surface area contributed by atoms with Gasteiger partial charge in [0.1, 0.15) is 0 Å². The number of hydrazine groups is 1. The lowest BCUT2D eigenvalue weighted by molar-refractivity contribution is -0.143. The molecule has 0 aliphatic heterocycles. The maximum Gasteiger partial charge on any atom is 0.272 e. The van der Waals surface area contributed by atoms with E-state index in [0.717, 1.165) is 18.4 Å². The van der Waals surface area contributed by atoms with E-state index >= 15 is 0 Å². The van der Waals surface area contributed by atoms with E-state index in [-0.39, 0.29) is 11.8 Å². The van der Waals surface area contributed by atoms with Gasteiger partial charge in [-0.1, -0.05) is 78.9 Å². The van der Waals surface area contributed by atoms with Crippen molar-refractivity contribution < 1.29 is 9.59 Å². The van der Waals surface area contributed by atoms with E-state index in [2.05, 4.69) is 12.1 Å². The second-order valence-corrected chi connectivity index (χ2v) is 6.95. The molecule has 0 spiro atoms. The molecule has 0 radical (unpaired) electrons. The van der Waals surface area contributed by atoms with E-state index in [1.54, 1.807) is 22.2 Å². The molecule has 0 fully saturated rings. The third-order valence-corrected chi connectivity index (χ3v) is 4.76. The first-order chi connectivity index (χ1) is 14.1. The number of amides is 2. The van der Waals surface area contributed by atoms with Gasteiger partial charge in [0.2, 0.25) is 5.91 Å². The maximum absolute atomic E-state index is 13.3. The van der Waals surface area contributed by atoms with Crippen molar-refractivity contribution in [2.75, 3.05) is 6.54 Å². The molecule has 3 aromatic carbocycles. The summed E-state index contributed by atoms with van der Waals surface area (Å²) >= 11 is 0. The Bertz CT molecular complexity index is 911. The van der Waals surface area contributed by atoms with Gasteiger partial charge in [0.15, 0.2) is 0 Å². The number of benzene rings is 3. The topological polar surface area (TPSA) is 40.6 Å². The molecule has 148 valence electrons. The standard InChI is InChI=1S/C25H26N2O2/c1-21(28)26(19-11-16-22-12-5-2-6-13-22)27(20-23-14-7-3-8-15-23)25(29)24-17-9-4-10-18-24/h2-10,12-15,17-18H,11,16,19-20H2,1H3. The van der Waals surface area contributed by atoms with Crippen molar-refractivity contribution in [1.29, 1.82) is 0 Å². The Morgan fingerprint density at radius 2 is 1.21 bits per heavy atom. The van der Waals surface area contributed by atoms with Crippen molar-refractivity contribution in [2.45, 2.75) is 26.3 Å². The highest BCUT2D eigenvalue weighted by Gasteiger charge is 2.25. The number of carbonyl (C=O) groups excluding carboxylic acids is 2. The lowest BCUT2D eigenvalue weighted by Crippen LogP contribution is -2.49. The highest BCUT2D eigenvalue weighted by molar-refractivity contribution is 5.95. The van der Waals surface area contributed by atoms with Crippen LogP contribution in [0.15, 0.2) is 91.0 Å². The van der Waals surface area contributed by atoms with E-state index in [9.17, 15) is 9.59 Å². The third-order valence-electron chi connectivity index (χ3n) is 4.76. The SMILES string of the molecule is CC(=O)N(CCCc1ccccc1)N(Cc1ccccc1)C(=O)c1ccccc1. The van der Waals surface area contributed by atoms with E-state index in [1.165, 1.54) is 12.5 Å². The summed E-state index contributed by atoms with van der Waals surface area (Å²) in [4.78, 5) is 25.7. The van der Waals surface area contributed by atoms with Gasteiger partial charge in [-0.05, 0) is 36.1 Å². The molecule has 3 rings (SSSR count). The first kappa shape index (κ1) is 20.3. The minimum absolute atomic E-state index is 0.140. The summed E-state index contributed by atoms with van der Waals surface area (Å²) in [6, 6.07) is 29.0. The molecule has 29 heavy (non-hydrogen) atoms. The Labute approximate surface area is 172 Å². The minimum Gasteiger partial charge on any atom is -0.273 e. The number of hydrogen-bond donors (Lipinski definition) is 0. The molecule has 4 nitrogen and oxygen atoms in total. The van der Waals surface area contributed by atoms with Crippen LogP contribution in [0, 0.1) is 0 Å². The Kier molecular flexibility index (Phi) is 7.17. The van der Waals surface area contributed by atoms with Gasteiger partial charge in [0.05, 0.1) is 6.54 Å². The van der Waals surface area contributed by atoms with Gasteiger partial charge in [-0.15, -0.1) is 0 Å². The summed E-state index contributed by atoms with van der Waals surface area (Å²) in [6.45, 7) is 2.34. The molecule has 4 heteroatoms. The predicted octanol–water partition coefficient (Wildman–Crippen LogP) is 4.73. The van der Waals surface area contributed by atoms with Gasteiger partial charge in [0.25, 0.3) is 5.91 Å². The lowest BCUT2D eigenvalue weighted by atomic mass is 10.1. The zero-order valence-corrected chi connectivity index (χ0v) is 16.7. The van der Waals surface area contributed by atoms with Crippen LogP contribution in [-0.4, -0.2) is 28.4 Å². The maximum atomic E-state index is 13.3. The molecule has 0 atom stereocenters. The van der Waals surface area contributed by atoms with Crippen molar-refractivity contribution in [3.8, 4) is 0 Å². The fourth-order valence-electron chi connectivity index (χ4n) is 3.28. The molecule has 3 aromatic rings.